The van der Waals surface area contributed by atoms with Crippen molar-refractivity contribution in [3.63, 3.8) is 0 Å². The zero-order valence-corrected chi connectivity index (χ0v) is 6.13. The number of nitrogens with two attached hydrogens (primary N) is 2. The molecule has 0 saturated heterocycles. The largest absolute Gasteiger partial charge is 0.382 e. The van der Waals surface area contributed by atoms with Gasteiger partial charge in [-0.2, -0.15) is 15.2 Å². The van der Waals surface area contributed by atoms with Crippen molar-refractivity contribution in [1.29, 1.82) is 5.26 Å². The first-order valence-corrected chi connectivity index (χ1v) is 3.01. The summed E-state index contributed by atoms with van der Waals surface area (Å²) in [6.07, 6.45) is 0. The second kappa shape index (κ2) is 2.60. The highest BCUT2D eigenvalue weighted by molar-refractivity contribution is 6.28. The molecule has 0 bridgehead atoms. The molecule has 1 rings (SSSR count). The molecular formula is C5H4ClN5. The molecule has 0 spiro atoms. The molecule has 0 aliphatic rings. The van der Waals surface area contributed by atoms with E-state index in [0.717, 1.165) is 0 Å². The van der Waals surface area contributed by atoms with Crippen LogP contribution in [0.4, 0.5) is 11.6 Å². The molecule has 1 aromatic rings. The summed E-state index contributed by atoms with van der Waals surface area (Å²) in [7, 11) is 0. The summed E-state index contributed by atoms with van der Waals surface area (Å²) >= 11 is 5.39. The molecule has 0 aliphatic carbocycles. The normalized spacial score (nSPS) is 9.09. The molecule has 5 nitrogen and oxygen atoms in total. The van der Waals surface area contributed by atoms with Crippen LogP contribution in [-0.2, 0) is 0 Å². The predicted octanol–water partition coefficient (Wildman–Crippen LogP) is 0.166. The number of hydrogen-bond donors (Lipinski definition) is 2. The van der Waals surface area contributed by atoms with Crippen molar-refractivity contribution < 1.29 is 0 Å². The lowest BCUT2D eigenvalue weighted by Crippen LogP contribution is -2.02. The van der Waals surface area contributed by atoms with Crippen LogP contribution in [0.1, 0.15) is 5.56 Å². The SMILES string of the molecule is N#Cc1c(N)nc(Cl)nc1N. The fourth-order valence-electron chi connectivity index (χ4n) is 0.581. The molecular weight excluding hydrogens is 166 g/mol. The minimum atomic E-state index is -0.0565. The van der Waals surface area contributed by atoms with E-state index in [2.05, 4.69) is 9.97 Å². The van der Waals surface area contributed by atoms with Crippen LogP contribution in [0.2, 0.25) is 5.28 Å². The summed E-state index contributed by atoms with van der Waals surface area (Å²) < 4.78 is 0. The summed E-state index contributed by atoms with van der Waals surface area (Å²) in [6.45, 7) is 0. The molecule has 0 saturated carbocycles. The van der Waals surface area contributed by atoms with Gasteiger partial charge < -0.3 is 11.5 Å². The van der Waals surface area contributed by atoms with Crippen LogP contribution in [0.3, 0.4) is 0 Å². The van der Waals surface area contributed by atoms with Crippen LogP contribution < -0.4 is 11.5 Å². The van der Waals surface area contributed by atoms with Crippen LogP contribution in [0.5, 0.6) is 0 Å². The van der Waals surface area contributed by atoms with E-state index in [1.807, 2.05) is 0 Å². The smallest absolute Gasteiger partial charge is 0.226 e. The van der Waals surface area contributed by atoms with Crippen molar-refractivity contribution in [2.45, 2.75) is 0 Å². The van der Waals surface area contributed by atoms with Gasteiger partial charge in [-0.25, -0.2) is 0 Å². The molecule has 11 heavy (non-hydrogen) atoms. The molecule has 1 heterocycles. The molecule has 6 heteroatoms. The van der Waals surface area contributed by atoms with Gasteiger partial charge in [-0.3, -0.25) is 0 Å². The highest BCUT2D eigenvalue weighted by Gasteiger charge is 2.06. The van der Waals surface area contributed by atoms with E-state index in [1.54, 1.807) is 6.07 Å². The van der Waals surface area contributed by atoms with Crippen LogP contribution in [0.25, 0.3) is 0 Å². The number of aromatic nitrogens is 2. The summed E-state index contributed by atoms with van der Waals surface area (Å²) in [4.78, 5) is 7.07. The number of nitriles is 1. The lowest BCUT2D eigenvalue weighted by Gasteiger charge is -1.98. The Morgan fingerprint density at radius 1 is 1.27 bits per heavy atom. The first-order chi connectivity index (χ1) is 5.15. The maximum absolute atomic E-state index is 8.46. The molecule has 1 aromatic heterocycles. The third kappa shape index (κ3) is 1.30. The number of halogens is 1. The molecule has 56 valence electrons. The van der Waals surface area contributed by atoms with Crippen molar-refractivity contribution in [1.82, 2.24) is 9.97 Å². The Kier molecular flexibility index (Phi) is 1.79. The van der Waals surface area contributed by atoms with E-state index >= 15 is 0 Å². The zero-order valence-electron chi connectivity index (χ0n) is 5.37. The fourth-order valence-corrected chi connectivity index (χ4v) is 0.763. The van der Waals surface area contributed by atoms with Gasteiger partial charge in [-0.05, 0) is 11.6 Å². The van der Waals surface area contributed by atoms with Gasteiger partial charge in [0.15, 0.2) is 0 Å². The van der Waals surface area contributed by atoms with E-state index in [9.17, 15) is 0 Å². The Morgan fingerprint density at radius 3 is 2.09 bits per heavy atom. The van der Waals surface area contributed by atoms with Crippen LogP contribution in [-0.4, -0.2) is 9.97 Å². The standard InChI is InChI=1S/C5H4ClN5/c6-5-10-3(8)2(1-7)4(9)11-5/h(H4,8,9,10,11). The maximum Gasteiger partial charge on any atom is 0.226 e. The van der Waals surface area contributed by atoms with Crippen molar-refractivity contribution in [3.05, 3.63) is 10.8 Å². The predicted molar refractivity (Wildman–Crippen MR) is 40.6 cm³/mol. The van der Waals surface area contributed by atoms with Crippen LogP contribution in [0.15, 0.2) is 0 Å². The molecule has 0 amide bonds. The van der Waals surface area contributed by atoms with Gasteiger partial charge in [-0.1, -0.05) is 0 Å². The quantitative estimate of drug-likeness (QED) is 0.539. The number of nitrogens with zero attached hydrogens (tertiary/aromatic N) is 3. The van der Waals surface area contributed by atoms with E-state index < -0.39 is 0 Å². The summed E-state index contributed by atoms with van der Waals surface area (Å²) in [5.74, 6) is 0.00926. The molecule has 0 aliphatic heterocycles. The molecule has 0 radical (unpaired) electrons. The Labute approximate surface area is 67.6 Å². The zero-order chi connectivity index (χ0) is 8.43. The van der Waals surface area contributed by atoms with Crippen molar-refractivity contribution >= 4 is 23.2 Å². The van der Waals surface area contributed by atoms with Crippen LogP contribution >= 0.6 is 11.6 Å². The van der Waals surface area contributed by atoms with E-state index in [-0.39, 0.29) is 22.5 Å². The number of nitrogen functional groups attached to an aromatic ring is 2. The molecule has 0 fully saturated rings. The highest BCUT2D eigenvalue weighted by Crippen LogP contribution is 2.15. The Hall–Kier alpha value is -1.54. The molecule has 0 aromatic carbocycles. The van der Waals surface area contributed by atoms with Gasteiger partial charge in [-0.15, -0.1) is 0 Å². The maximum atomic E-state index is 8.46. The number of anilines is 2. The first-order valence-electron chi connectivity index (χ1n) is 2.63. The second-order valence-electron chi connectivity index (χ2n) is 1.75. The van der Waals surface area contributed by atoms with Gasteiger partial charge in [0.25, 0.3) is 0 Å². The minimum absolute atomic E-state index is 0.00463. The monoisotopic (exact) mass is 169 g/mol. The summed E-state index contributed by atoms with van der Waals surface area (Å²) in [5, 5.41) is 8.40. The molecule has 0 unspecified atom stereocenters. The average Bonchev–Trinajstić information content (AvgIpc) is 1.85. The third-order valence-corrected chi connectivity index (χ3v) is 1.22. The lowest BCUT2D eigenvalue weighted by atomic mass is 10.3. The average molecular weight is 170 g/mol. The van der Waals surface area contributed by atoms with Gasteiger partial charge in [0.1, 0.15) is 23.3 Å². The second-order valence-corrected chi connectivity index (χ2v) is 2.09. The van der Waals surface area contributed by atoms with Crippen molar-refractivity contribution in [3.8, 4) is 6.07 Å². The van der Waals surface area contributed by atoms with Gasteiger partial charge in [0.05, 0.1) is 0 Å². The molecule has 4 N–H and O–H groups in total. The fraction of sp³-hybridized carbons (Fsp3) is 0. The Morgan fingerprint density at radius 2 is 1.73 bits per heavy atom. The molecule has 0 atom stereocenters. The first kappa shape index (κ1) is 7.57. The van der Waals surface area contributed by atoms with Gasteiger partial charge in [0, 0.05) is 0 Å². The van der Waals surface area contributed by atoms with E-state index in [1.165, 1.54) is 0 Å². The van der Waals surface area contributed by atoms with Crippen LogP contribution in [0, 0.1) is 11.3 Å². The number of rotatable bonds is 0. The Bertz CT molecular complexity index is 305. The summed E-state index contributed by atoms with van der Waals surface area (Å²) in [6, 6.07) is 1.76. The van der Waals surface area contributed by atoms with Crippen molar-refractivity contribution in [2.75, 3.05) is 11.5 Å². The Balaban J connectivity index is 3.40. The van der Waals surface area contributed by atoms with Crippen molar-refractivity contribution in [2.24, 2.45) is 0 Å². The van der Waals surface area contributed by atoms with E-state index in [4.69, 9.17) is 28.3 Å². The highest BCUT2D eigenvalue weighted by atomic mass is 35.5. The van der Waals surface area contributed by atoms with E-state index in [0.29, 0.717) is 0 Å². The van der Waals surface area contributed by atoms with Gasteiger partial charge >= 0.3 is 0 Å². The topological polar surface area (TPSA) is 102 Å². The number of hydrogen-bond acceptors (Lipinski definition) is 5. The summed E-state index contributed by atoms with van der Waals surface area (Å²) in [5.41, 5.74) is 10.7. The third-order valence-electron chi connectivity index (χ3n) is 1.05. The van der Waals surface area contributed by atoms with Gasteiger partial charge in [0.2, 0.25) is 5.28 Å². The minimum Gasteiger partial charge on any atom is -0.382 e. The lowest BCUT2D eigenvalue weighted by molar-refractivity contribution is 1.17.